The quantitative estimate of drug-likeness (QED) is 0.758. The highest BCUT2D eigenvalue weighted by Crippen LogP contribution is 2.17. The van der Waals surface area contributed by atoms with Gasteiger partial charge in [0.25, 0.3) is 0 Å². The van der Waals surface area contributed by atoms with Crippen LogP contribution in [0.1, 0.15) is 18.5 Å². The fourth-order valence-corrected chi connectivity index (χ4v) is 2.00. The Morgan fingerprint density at radius 3 is 2.28 bits per heavy atom. The third kappa shape index (κ3) is 5.17. The number of rotatable bonds is 8. The molecule has 0 amide bonds. The fourth-order valence-electron chi connectivity index (χ4n) is 2.00. The first-order valence-electron chi connectivity index (χ1n) is 6.75. The van der Waals surface area contributed by atoms with E-state index in [1.807, 2.05) is 0 Å². The predicted octanol–water partition coefficient (Wildman–Crippen LogP) is 1.83. The van der Waals surface area contributed by atoms with Gasteiger partial charge in [0.05, 0.1) is 0 Å². The smallest absolute Gasteiger partial charge is 0.0470 e. The minimum absolute atomic E-state index is 0.450. The summed E-state index contributed by atoms with van der Waals surface area (Å²) in [6.45, 7) is 6.35. The van der Waals surface area contributed by atoms with Gasteiger partial charge in [-0.1, -0.05) is 37.3 Å². The molecule has 1 N–H and O–H groups in total. The lowest BCUT2D eigenvalue weighted by atomic mass is 10.1. The minimum Gasteiger partial charge on any atom is -0.315 e. The predicted molar refractivity (Wildman–Crippen MR) is 78.9 cm³/mol. The van der Waals surface area contributed by atoms with Crippen LogP contribution >= 0.6 is 0 Å². The molecule has 1 atom stereocenters. The Balaban J connectivity index is 2.65. The lowest BCUT2D eigenvalue weighted by molar-refractivity contribution is 0.214. The van der Waals surface area contributed by atoms with Crippen LogP contribution in [0.5, 0.6) is 0 Å². The molecule has 0 radical (unpaired) electrons. The van der Waals surface area contributed by atoms with Gasteiger partial charge in [-0.15, -0.1) is 0 Å². The normalized spacial score (nSPS) is 13.2. The van der Waals surface area contributed by atoms with E-state index in [-0.39, 0.29) is 0 Å². The number of hydrogen-bond donors (Lipinski definition) is 1. The second-order valence-electron chi connectivity index (χ2n) is 5.02. The summed E-state index contributed by atoms with van der Waals surface area (Å²) >= 11 is 0. The average molecular weight is 249 g/mol. The molecule has 0 aliphatic rings. The molecule has 1 aromatic rings. The Morgan fingerprint density at radius 1 is 1.06 bits per heavy atom. The molecular weight excluding hydrogens is 222 g/mol. The summed E-state index contributed by atoms with van der Waals surface area (Å²) in [6, 6.07) is 11.2. The summed E-state index contributed by atoms with van der Waals surface area (Å²) in [4.78, 5) is 4.66. The number of hydrogen-bond acceptors (Lipinski definition) is 3. The Morgan fingerprint density at radius 2 is 1.72 bits per heavy atom. The number of benzene rings is 1. The molecule has 0 bridgehead atoms. The summed E-state index contributed by atoms with van der Waals surface area (Å²) in [5.41, 5.74) is 1.39. The van der Waals surface area contributed by atoms with Gasteiger partial charge in [-0.2, -0.15) is 0 Å². The molecule has 0 saturated heterocycles. The standard InChI is InChI=1S/C15H27N3/c1-5-16-13-15(14-9-7-6-8-10-14)18(4)12-11-17(2)3/h6-10,15-16H,5,11-13H2,1-4H3. The third-order valence-corrected chi connectivity index (χ3v) is 3.20. The van der Waals surface area contributed by atoms with E-state index in [1.54, 1.807) is 0 Å². The van der Waals surface area contributed by atoms with Gasteiger partial charge in [-0.25, -0.2) is 0 Å². The van der Waals surface area contributed by atoms with Crippen molar-refractivity contribution in [2.24, 2.45) is 0 Å². The summed E-state index contributed by atoms with van der Waals surface area (Å²) in [7, 11) is 6.45. The van der Waals surface area contributed by atoms with E-state index in [0.29, 0.717) is 6.04 Å². The molecule has 0 saturated carbocycles. The molecule has 1 aromatic carbocycles. The maximum atomic E-state index is 3.46. The van der Waals surface area contributed by atoms with E-state index in [9.17, 15) is 0 Å². The van der Waals surface area contributed by atoms with Crippen molar-refractivity contribution in [2.75, 3.05) is 47.3 Å². The van der Waals surface area contributed by atoms with E-state index in [1.165, 1.54) is 5.56 Å². The van der Waals surface area contributed by atoms with Gasteiger partial charge >= 0.3 is 0 Å². The van der Waals surface area contributed by atoms with Crippen molar-refractivity contribution in [1.82, 2.24) is 15.1 Å². The first kappa shape index (κ1) is 15.2. The average Bonchev–Trinajstić information content (AvgIpc) is 2.38. The SMILES string of the molecule is CCNCC(c1ccccc1)N(C)CCN(C)C. The van der Waals surface area contributed by atoms with Gasteiger partial charge in [0.1, 0.15) is 0 Å². The van der Waals surface area contributed by atoms with Gasteiger partial charge < -0.3 is 10.2 Å². The molecule has 102 valence electrons. The van der Waals surface area contributed by atoms with E-state index in [2.05, 4.69) is 73.5 Å². The topological polar surface area (TPSA) is 18.5 Å². The van der Waals surface area contributed by atoms with Gasteiger partial charge in [-0.3, -0.25) is 4.90 Å². The van der Waals surface area contributed by atoms with Crippen LogP contribution in [-0.2, 0) is 0 Å². The Labute approximate surface area is 112 Å². The van der Waals surface area contributed by atoms with Crippen LogP contribution in [0.2, 0.25) is 0 Å². The molecule has 3 heteroatoms. The maximum absolute atomic E-state index is 3.46. The van der Waals surface area contributed by atoms with Crippen LogP contribution < -0.4 is 5.32 Å². The van der Waals surface area contributed by atoms with Crippen molar-refractivity contribution in [1.29, 1.82) is 0 Å². The molecule has 0 fully saturated rings. The molecule has 0 spiro atoms. The number of nitrogens with one attached hydrogen (secondary N) is 1. The zero-order valence-electron chi connectivity index (χ0n) is 12.2. The monoisotopic (exact) mass is 249 g/mol. The first-order chi connectivity index (χ1) is 8.65. The van der Waals surface area contributed by atoms with Crippen LogP contribution in [0.15, 0.2) is 30.3 Å². The van der Waals surface area contributed by atoms with Gasteiger partial charge in [-0.05, 0) is 33.3 Å². The molecule has 0 aliphatic carbocycles. The van der Waals surface area contributed by atoms with E-state index in [0.717, 1.165) is 26.2 Å². The number of likely N-dealkylation sites (N-methyl/N-ethyl adjacent to an activating group) is 3. The minimum atomic E-state index is 0.450. The van der Waals surface area contributed by atoms with Crippen molar-refractivity contribution >= 4 is 0 Å². The Bertz CT molecular complexity index is 311. The van der Waals surface area contributed by atoms with E-state index < -0.39 is 0 Å². The Hall–Kier alpha value is -0.900. The summed E-state index contributed by atoms with van der Waals surface area (Å²) in [5, 5.41) is 3.46. The highest BCUT2D eigenvalue weighted by Gasteiger charge is 2.15. The molecule has 0 aromatic heterocycles. The molecule has 1 rings (SSSR count). The molecule has 3 nitrogen and oxygen atoms in total. The van der Waals surface area contributed by atoms with E-state index >= 15 is 0 Å². The summed E-state index contributed by atoms with van der Waals surface area (Å²) in [6.07, 6.45) is 0. The Kier molecular flexibility index (Phi) is 6.94. The first-order valence-corrected chi connectivity index (χ1v) is 6.75. The highest BCUT2D eigenvalue weighted by molar-refractivity contribution is 5.19. The molecule has 0 aliphatic heterocycles. The molecular formula is C15H27N3. The van der Waals surface area contributed by atoms with Gasteiger partial charge in [0.2, 0.25) is 0 Å². The lowest BCUT2D eigenvalue weighted by Crippen LogP contribution is -2.37. The van der Waals surface area contributed by atoms with Gasteiger partial charge in [0.15, 0.2) is 0 Å². The van der Waals surface area contributed by atoms with Gasteiger partial charge in [0, 0.05) is 25.7 Å². The second-order valence-corrected chi connectivity index (χ2v) is 5.02. The molecule has 1 unspecified atom stereocenters. The fraction of sp³-hybridized carbons (Fsp3) is 0.600. The summed E-state index contributed by atoms with van der Waals surface area (Å²) in [5.74, 6) is 0. The molecule has 0 heterocycles. The maximum Gasteiger partial charge on any atom is 0.0470 e. The van der Waals surface area contributed by atoms with Crippen molar-refractivity contribution in [3.05, 3.63) is 35.9 Å². The van der Waals surface area contributed by atoms with Crippen molar-refractivity contribution in [2.45, 2.75) is 13.0 Å². The van der Waals surface area contributed by atoms with Crippen molar-refractivity contribution in [3.63, 3.8) is 0 Å². The van der Waals surface area contributed by atoms with Crippen LogP contribution in [-0.4, -0.2) is 57.1 Å². The second kappa shape index (κ2) is 8.25. The zero-order valence-corrected chi connectivity index (χ0v) is 12.2. The third-order valence-electron chi connectivity index (χ3n) is 3.20. The van der Waals surface area contributed by atoms with Crippen molar-refractivity contribution in [3.8, 4) is 0 Å². The summed E-state index contributed by atoms with van der Waals surface area (Å²) < 4.78 is 0. The molecule has 18 heavy (non-hydrogen) atoms. The largest absolute Gasteiger partial charge is 0.315 e. The zero-order chi connectivity index (χ0) is 13.4. The number of nitrogens with zero attached hydrogens (tertiary/aromatic N) is 2. The van der Waals surface area contributed by atoms with Crippen molar-refractivity contribution < 1.29 is 0 Å². The van der Waals surface area contributed by atoms with Crippen LogP contribution in [0, 0.1) is 0 Å². The highest BCUT2D eigenvalue weighted by atomic mass is 15.2. The van der Waals surface area contributed by atoms with Crippen LogP contribution in [0.4, 0.5) is 0 Å². The van der Waals surface area contributed by atoms with Crippen LogP contribution in [0.25, 0.3) is 0 Å². The van der Waals surface area contributed by atoms with Crippen LogP contribution in [0.3, 0.4) is 0 Å². The van der Waals surface area contributed by atoms with E-state index in [4.69, 9.17) is 0 Å². The lowest BCUT2D eigenvalue weighted by Gasteiger charge is -2.29.